The third kappa shape index (κ3) is 4.44. The summed E-state index contributed by atoms with van der Waals surface area (Å²) in [6.07, 6.45) is 4.86. The number of methoxy groups -OCH3 is 1. The number of thiocarbonyl (C=S) groups is 1. The van der Waals surface area contributed by atoms with Crippen LogP contribution in [0.4, 0.5) is 11.4 Å². The molecule has 0 radical (unpaired) electrons. The summed E-state index contributed by atoms with van der Waals surface area (Å²) in [5, 5.41) is 2.74. The highest BCUT2D eigenvalue weighted by molar-refractivity contribution is 7.80. The van der Waals surface area contributed by atoms with Crippen molar-refractivity contribution in [3.8, 4) is 5.75 Å². The van der Waals surface area contributed by atoms with Gasteiger partial charge in [0.1, 0.15) is 11.3 Å². The maximum atomic E-state index is 13.6. The van der Waals surface area contributed by atoms with Crippen LogP contribution in [0.15, 0.2) is 42.0 Å². The molecular weight excluding hydrogens is 470 g/mol. The molecule has 36 heavy (non-hydrogen) atoms. The van der Waals surface area contributed by atoms with Gasteiger partial charge in [0, 0.05) is 29.4 Å². The standard InChI is InChI=1S/C29H33N3O3S/c1-8-11-31-24-15-25(35-7)20(13-22(24)19(4)16-29(31,5)6)14-23-26(33)30-28(36)32(27(23)34)21-10-9-17(2)18(3)12-21/h9-10,12-16H,8,11H2,1-7H3,(H,30,33,36)/b23-14-. The molecule has 0 aliphatic carbocycles. The molecule has 188 valence electrons. The van der Waals surface area contributed by atoms with E-state index in [1.807, 2.05) is 44.2 Å². The van der Waals surface area contributed by atoms with Gasteiger partial charge in [0.05, 0.1) is 18.3 Å². The predicted molar refractivity (Wildman–Crippen MR) is 150 cm³/mol. The minimum atomic E-state index is -0.522. The summed E-state index contributed by atoms with van der Waals surface area (Å²) in [4.78, 5) is 30.2. The van der Waals surface area contributed by atoms with Crippen LogP contribution in [0, 0.1) is 13.8 Å². The minimum Gasteiger partial charge on any atom is -0.496 e. The molecule has 1 saturated heterocycles. The molecule has 0 unspecified atom stereocenters. The number of carbonyl (C=O) groups excluding carboxylic acids is 2. The molecular formula is C29H33N3O3S. The van der Waals surface area contributed by atoms with Crippen LogP contribution in [0.25, 0.3) is 11.6 Å². The molecule has 0 bridgehead atoms. The first-order valence-electron chi connectivity index (χ1n) is 12.2. The Morgan fingerprint density at radius 3 is 2.44 bits per heavy atom. The van der Waals surface area contributed by atoms with Gasteiger partial charge in [0.15, 0.2) is 5.11 Å². The first-order valence-corrected chi connectivity index (χ1v) is 12.6. The van der Waals surface area contributed by atoms with Crippen LogP contribution in [0.2, 0.25) is 0 Å². The molecule has 0 atom stereocenters. The number of rotatable bonds is 5. The summed E-state index contributed by atoms with van der Waals surface area (Å²) in [6, 6.07) is 9.67. The van der Waals surface area contributed by atoms with E-state index in [0.717, 1.165) is 40.9 Å². The van der Waals surface area contributed by atoms with Gasteiger partial charge in [0.2, 0.25) is 0 Å². The van der Waals surface area contributed by atoms with E-state index in [-0.39, 0.29) is 16.2 Å². The van der Waals surface area contributed by atoms with Crippen molar-refractivity contribution in [3.05, 3.63) is 64.2 Å². The quantitative estimate of drug-likeness (QED) is 0.329. The average Bonchev–Trinajstić information content (AvgIpc) is 2.81. The van der Waals surface area contributed by atoms with Gasteiger partial charge >= 0.3 is 0 Å². The number of ether oxygens (including phenoxy) is 1. The number of nitrogens with one attached hydrogen (secondary N) is 1. The number of aryl methyl sites for hydroxylation is 2. The largest absolute Gasteiger partial charge is 0.496 e. The second-order valence-electron chi connectivity index (χ2n) is 9.97. The van der Waals surface area contributed by atoms with Crippen LogP contribution in [0.3, 0.4) is 0 Å². The zero-order chi connectivity index (χ0) is 26.4. The zero-order valence-electron chi connectivity index (χ0n) is 22.0. The van der Waals surface area contributed by atoms with Gasteiger partial charge in [-0.25, -0.2) is 0 Å². The van der Waals surface area contributed by atoms with Crippen molar-refractivity contribution in [3.63, 3.8) is 0 Å². The molecule has 7 heteroatoms. The first-order chi connectivity index (χ1) is 17.0. The van der Waals surface area contributed by atoms with E-state index >= 15 is 0 Å². The monoisotopic (exact) mass is 503 g/mol. The Morgan fingerprint density at radius 2 is 1.81 bits per heavy atom. The lowest BCUT2D eigenvalue weighted by Gasteiger charge is -2.43. The van der Waals surface area contributed by atoms with Gasteiger partial charge in [-0.1, -0.05) is 19.1 Å². The van der Waals surface area contributed by atoms with Gasteiger partial charge in [-0.2, -0.15) is 0 Å². The number of anilines is 2. The van der Waals surface area contributed by atoms with Gasteiger partial charge in [-0.3, -0.25) is 19.8 Å². The SMILES string of the molecule is CCCN1c2cc(OC)c(/C=C3/C(=O)NC(=S)N(c4ccc(C)c(C)c4)C3=O)cc2C(C)=CC1(C)C. The van der Waals surface area contributed by atoms with E-state index in [1.165, 1.54) is 4.90 Å². The predicted octanol–water partition coefficient (Wildman–Crippen LogP) is 5.56. The van der Waals surface area contributed by atoms with Crippen LogP contribution < -0.4 is 19.9 Å². The Hall–Kier alpha value is -3.45. The zero-order valence-corrected chi connectivity index (χ0v) is 22.8. The molecule has 2 aromatic rings. The van der Waals surface area contributed by atoms with Crippen molar-refractivity contribution in [1.29, 1.82) is 0 Å². The lowest BCUT2D eigenvalue weighted by Crippen LogP contribution is -2.54. The summed E-state index contributed by atoms with van der Waals surface area (Å²) in [7, 11) is 1.60. The van der Waals surface area contributed by atoms with Gasteiger partial charge in [-0.15, -0.1) is 0 Å². The highest BCUT2D eigenvalue weighted by Gasteiger charge is 2.36. The molecule has 2 heterocycles. The van der Waals surface area contributed by atoms with Crippen LogP contribution in [0.5, 0.6) is 5.75 Å². The van der Waals surface area contributed by atoms with Gasteiger partial charge in [0.25, 0.3) is 11.8 Å². The summed E-state index contributed by atoms with van der Waals surface area (Å²) in [5.41, 5.74) is 6.56. The maximum Gasteiger partial charge on any atom is 0.270 e. The Kier molecular flexibility index (Phi) is 6.80. The Bertz CT molecular complexity index is 1340. The lowest BCUT2D eigenvalue weighted by atomic mass is 9.87. The van der Waals surface area contributed by atoms with Crippen molar-refractivity contribution in [2.75, 3.05) is 23.5 Å². The molecule has 0 spiro atoms. The first kappa shape index (κ1) is 25.6. The smallest absolute Gasteiger partial charge is 0.270 e. The van der Waals surface area contributed by atoms with Crippen LogP contribution in [-0.4, -0.2) is 36.1 Å². The van der Waals surface area contributed by atoms with E-state index in [9.17, 15) is 9.59 Å². The molecule has 1 N–H and O–H groups in total. The number of amides is 2. The minimum absolute atomic E-state index is 0.00302. The van der Waals surface area contributed by atoms with Crippen LogP contribution in [0.1, 0.15) is 56.4 Å². The number of nitrogens with zero attached hydrogens (tertiary/aromatic N) is 2. The fraction of sp³-hybridized carbons (Fsp3) is 0.345. The van der Waals surface area contributed by atoms with E-state index in [4.69, 9.17) is 17.0 Å². The Labute approximate surface area is 218 Å². The second-order valence-corrected chi connectivity index (χ2v) is 10.4. The number of hydrogen-bond donors (Lipinski definition) is 1. The third-order valence-electron chi connectivity index (χ3n) is 6.93. The van der Waals surface area contributed by atoms with Gasteiger partial charge < -0.3 is 9.64 Å². The van der Waals surface area contributed by atoms with Crippen molar-refractivity contribution in [1.82, 2.24) is 5.32 Å². The fourth-order valence-corrected chi connectivity index (χ4v) is 5.24. The lowest BCUT2D eigenvalue weighted by molar-refractivity contribution is -0.122. The molecule has 1 fully saturated rings. The summed E-state index contributed by atoms with van der Waals surface area (Å²) in [5.74, 6) is -0.391. The van der Waals surface area contributed by atoms with E-state index in [0.29, 0.717) is 17.0 Å². The number of carbonyl (C=O) groups is 2. The Balaban J connectivity index is 1.82. The van der Waals surface area contributed by atoms with Crippen molar-refractivity contribution in [2.24, 2.45) is 0 Å². The van der Waals surface area contributed by atoms with Crippen molar-refractivity contribution in [2.45, 2.75) is 53.5 Å². The molecule has 6 nitrogen and oxygen atoms in total. The van der Waals surface area contributed by atoms with Crippen molar-refractivity contribution >= 4 is 52.2 Å². The molecule has 2 amide bonds. The third-order valence-corrected chi connectivity index (χ3v) is 7.21. The maximum absolute atomic E-state index is 13.6. The van der Waals surface area contributed by atoms with Gasteiger partial charge in [-0.05, 0) is 94.2 Å². The highest BCUT2D eigenvalue weighted by atomic mass is 32.1. The summed E-state index contributed by atoms with van der Waals surface area (Å²) >= 11 is 5.37. The number of fused-ring (bicyclic) bond motifs is 1. The number of hydrogen-bond acceptors (Lipinski definition) is 5. The molecule has 2 aliphatic heterocycles. The molecule has 2 aliphatic rings. The molecule has 0 aromatic heterocycles. The number of allylic oxidation sites excluding steroid dienone is 1. The second kappa shape index (κ2) is 9.54. The fourth-order valence-electron chi connectivity index (χ4n) is 4.95. The van der Waals surface area contributed by atoms with E-state index in [2.05, 4.69) is 44.0 Å². The molecule has 2 aromatic carbocycles. The normalized spacial score (nSPS) is 18.2. The number of benzene rings is 2. The highest BCUT2D eigenvalue weighted by Crippen LogP contribution is 2.43. The van der Waals surface area contributed by atoms with E-state index in [1.54, 1.807) is 13.2 Å². The topological polar surface area (TPSA) is 61.9 Å². The van der Waals surface area contributed by atoms with Crippen LogP contribution in [-0.2, 0) is 9.59 Å². The summed E-state index contributed by atoms with van der Waals surface area (Å²) in [6.45, 7) is 13.5. The van der Waals surface area contributed by atoms with Crippen LogP contribution >= 0.6 is 12.2 Å². The van der Waals surface area contributed by atoms with E-state index < -0.39 is 11.8 Å². The summed E-state index contributed by atoms with van der Waals surface area (Å²) < 4.78 is 5.74. The Morgan fingerprint density at radius 1 is 1.08 bits per heavy atom. The molecule has 0 saturated carbocycles. The van der Waals surface area contributed by atoms with Crippen molar-refractivity contribution < 1.29 is 14.3 Å². The average molecular weight is 504 g/mol. The molecule has 4 rings (SSSR count).